The molecular formula is C26H26N4. The van der Waals surface area contributed by atoms with Crippen LogP contribution in [0.2, 0.25) is 0 Å². The Morgan fingerprint density at radius 2 is 1.67 bits per heavy atom. The van der Waals surface area contributed by atoms with Gasteiger partial charge in [0.05, 0.1) is 0 Å². The molecule has 5 N–H and O–H groups in total. The van der Waals surface area contributed by atoms with Crippen LogP contribution in [0.1, 0.15) is 5.56 Å². The average molecular weight is 395 g/mol. The minimum Gasteiger partial charge on any atom is -0.405 e. The molecule has 0 saturated heterocycles. The van der Waals surface area contributed by atoms with E-state index in [-0.39, 0.29) is 0 Å². The van der Waals surface area contributed by atoms with E-state index in [1.807, 2.05) is 30.3 Å². The third-order valence-electron chi connectivity index (χ3n) is 5.13. The summed E-state index contributed by atoms with van der Waals surface area (Å²) >= 11 is 0. The molecular weight excluding hydrogens is 368 g/mol. The number of rotatable bonds is 7. The summed E-state index contributed by atoms with van der Waals surface area (Å²) in [5.41, 5.74) is 11.2. The van der Waals surface area contributed by atoms with Crippen molar-refractivity contribution in [2.75, 3.05) is 17.2 Å². The van der Waals surface area contributed by atoms with E-state index < -0.39 is 0 Å². The molecule has 0 radical (unpaired) electrons. The normalized spacial score (nSPS) is 12.3. The average Bonchev–Trinajstić information content (AvgIpc) is 3.18. The Balaban J connectivity index is 1.42. The Morgan fingerprint density at radius 1 is 0.933 bits per heavy atom. The van der Waals surface area contributed by atoms with Gasteiger partial charge in [-0.05, 0) is 59.8 Å². The largest absolute Gasteiger partial charge is 0.405 e. The first-order valence-corrected chi connectivity index (χ1v) is 10.1. The summed E-state index contributed by atoms with van der Waals surface area (Å²) in [6.45, 7) is 4.98. The van der Waals surface area contributed by atoms with Gasteiger partial charge in [-0.15, -0.1) is 0 Å². The van der Waals surface area contributed by atoms with Crippen LogP contribution in [0.25, 0.3) is 23.2 Å². The van der Waals surface area contributed by atoms with Gasteiger partial charge in [-0.3, -0.25) is 0 Å². The molecule has 0 aliphatic heterocycles. The number of nitrogens with one attached hydrogen (secondary N) is 3. The topological polar surface area (TPSA) is 65.9 Å². The van der Waals surface area contributed by atoms with E-state index >= 15 is 0 Å². The van der Waals surface area contributed by atoms with Gasteiger partial charge >= 0.3 is 0 Å². The third kappa shape index (κ3) is 4.39. The zero-order chi connectivity index (χ0) is 20.8. The van der Waals surface area contributed by atoms with Crippen LogP contribution in [0.5, 0.6) is 0 Å². The van der Waals surface area contributed by atoms with Crippen molar-refractivity contribution in [3.8, 4) is 0 Å². The van der Waals surface area contributed by atoms with Gasteiger partial charge in [0.2, 0.25) is 0 Å². The van der Waals surface area contributed by atoms with Crippen LogP contribution in [0.15, 0.2) is 91.3 Å². The number of aromatic amines is 1. The fourth-order valence-electron chi connectivity index (χ4n) is 3.58. The minimum atomic E-state index is 0.872. The molecule has 0 fully saturated rings. The Labute approximate surface area is 176 Å². The minimum absolute atomic E-state index is 0.872. The van der Waals surface area contributed by atoms with Crippen LogP contribution in [0.4, 0.5) is 11.4 Å². The Kier molecular flexibility index (Phi) is 5.85. The summed E-state index contributed by atoms with van der Waals surface area (Å²) in [5.74, 6) is 0. The van der Waals surface area contributed by atoms with Crippen molar-refractivity contribution >= 4 is 34.6 Å². The van der Waals surface area contributed by atoms with Gasteiger partial charge < -0.3 is 21.4 Å². The van der Waals surface area contributed by atoms with E-state index in [1.54, 1.807) is 0 Å². The summed E-state index contributed by atoms with van der Waals surface area (Å²) in [4.78, 5) is 3.33. The number of anilines is 2. The van der Waals surface area contributed by atoms with Crippen LogP contribution in [0.3, 0.4) is 0 Å². The summed E-state index contributed by atoms with van der Waals surface area (Å²) in [7, 11) is 0. The fraction of sp³-hybridized carbons (Fsp3) is 0.0769. The van der Waals surface area contributed by atoms with Crippen LogP contribution < -0.4 is 26.8 Å². The van der Waals surface area contributed by atoms with E-state index in [4.69, 9.17) is 5.73 Å². The molecule has 4 nitrogen and oxygen atoms in total. The number of hydrogen-bond acceptors (Lipinski definition) is 3. The van der Waals surface area contributed by atoms with Gasteiger partial charge in [0.25, 0.3) is 0 Å². The van der Waals surface area contributed by atoms with Crippen molar-refractivity contribution in [3.63, 3.8) is 0 Å². The number of para-hydroxylation sites is 1. The molecule has 4 heteroatoms. The molecule has 0 spiro atoms. The molecule has 0 unspecified atom stereocenters. The van der Waals surface area contributed by atoms with Gasteiger partial charge in [-0.25, -0.2) is 0 Å². The van der Waals surface area contributed by atoms with Crippen molar-refractivity contribution in [3.05, 3.63) is 107 Å². The van der Waals surface area contributed by atoms with Crippen molar-refractivity contribution in [2.45, 2.75) is 6.42 Å². The highest BCUT2D eigenvalue weighted by molar-refractivity contribution is 5.83. The van der Waals surface area contributed by atoms with E-state index in [2.05, 4.69) is 76.9 Å². The number of H-pyrrole nitrogens is 1. The van der Waals surface area contributed by atoms with Crippen LogP contribution >= 0.6 is 0 Å². The Hall–Kier alpha value is -3.92. The molecule has 0 atom stereocenters. The molecule has 4 rings (SSSR count). The lowest BCUT2D eigenvalue weighted by Crippen LogP contribution is -2.27. The lowest BCUT2D eigenvalue weighted by molar-refractivity contribution is 1.03. The van der Waals surface area contributed by atoms with E-state index in [0.29, 0.717) is 0 Å². The summed E-state index contributed by atoms with van der Waals surface area (Å²) in [6.07, 6.45) is 6.46. The second-order valence-electron chi connectivity index (χ2n) is 7.17. The van der Waals surface area contributed by atoms with Crippen molar-refractivity contribution in [1.82, 2.24) is 4.98 Å². The van der Waals surface area contributed by atoms with Gasteiger partial charge in [-0.2, -0.15) is 0 Å². The predicted octanol–water partition coefficient (Wildman–Crippen LogP) is 3.93. The lowest BCUT2D eigenvalue weighted by atomic mass is 10.1. The first kappa shape index (κ1) is 19.4. The van der Waals surface area contributed by atoms with Gasteiger partial charge in [-0.1, -0.05) is 49.0 Å². The number of fused-ring (bicyclic) bond motifs is 1. The maximum absolute atomic E-state index is 5.65. The highest BCUT2D eigenvalue weighted by atomic mass is 14.9. The van der Waals surface area contributed by atoms with Crippen LogP contribution in [-0.2, 0) is 6.42 Å². The molecule has 0 aliphatic carbocycles. The highest BCUT2D eigenvalue weighted by Gasteiger charge is 2.03. The van der Waals surface area contributed by atoms with Crippen molar-refractivity contribution in [2.24, 2.45) is 5.73 Å². The van der Waals surface area contributed by atoms with Gasteiger partial charge in [0.1, 0.15) is 0 Å². The SMILES string of the molecule is C=c1cccc/c1=C(/C=C\N)Nc1ccc(NCCc2c[nH]c3ccccc23)cc1. The molecule has 0 saturated carbocycles. The van der Waals surface area contributed by atoms with E-state index in [0.717, 1.165) is 40.5 Å². The second kappa shape index (κ2) is 9.05. The predicted molar refractivity (Wildman–Crippen MR) is 129 cm³/mol. The molecule has 0 bridgehead atoms. The Morgan fingerprint density at radius 3 is 2.47 bits per heavy atom. The zero-order valence-corrected chi connectivity index (χ0v) is 16.9. The number of hydrogen-bond donors (Lipinski definition) is 4. The molecule has 4 aromatic rings. The van der Waals surface area contributed by atoms with Crippen LogP contribution in [-0.4, -0.2) is 11.5 Å². The highest BCUT2D eigenvalue weighted by Crippen LogP contribution is 2.19. The molecule has 1 heterocycles. The van der Waals surface area contributed by atoms with Crippen molar-refractivity contribution in [1.29, 1.82) is 0 Å². The zero-order valence-electron chi connectivity index (χ0n) is 16.9. The van der Waals surface area contributed by atoms with Crippen molar-refractivity contribution < 1.29 is 0 Å². The molecule has 3 aromatic carbocycles. The maximum Gasteiger partial charge on any atom is 0.0478 e. The molecule has 30 heavy (non-hydrogen) atoms. The Bertz CT molecular complexity index is 1270. The van der Waals surface area contributed by atoms with Gasteiger partial charge in [0.15, 0.2) is 0 Å². The quantitative estimate of drug-likeness (QED) is 0.384. The van der Waals surface area contributed by atoms with E-state index in [1.165, 1.54) is 22.7 Å². The third-order valence-corrected chi connectivity index (χ3v) is 5.13. The standard InChI is InChI=1S/C26H26N4/c1-19-6-2-3-7-23(19)26(14-16-27)30-22-12-10-21(11-13-22)28-17-15-20-18-29-25-9-5-4-8-24(20)25/h2-14,16,18,28-30H,1,15,17,27H2/b16-14-,26-23+. The summed E-state index contributed by atoms with van der Waals surface area (Å²) < 4.78 is 0. The smallest absolute Gasteiger partial charge is 0.0478 e. The van der Waals surface area contributed by atoms with Gasteiger partial charge in [0, 0.05) is 45.9 Å². The van der Waals surface area contributed by atoms with Crippen LogP contribution in [0, 0.1) is 0 Å². The number of nitrogens with two attached hydrogens (primary N) is 1. The summed E-state index contributed by atoms with van der Waals surface area (Å²) in [6, 6.07) is 24.7. The van der Waals surface area contributed by atoms with E-state index in [9.17, 15) is 0 Å². The summed E-state index contributed by atoms with van der Waals surface area (Å²) in [5, 5.41) is 10.2. The molecule has 0 aliphatic rings. The molecule has 150 valence electrons. The first-order chi connectivity index (χ1) is 14.7. The fourth-order valence-corrected chi connectivity index (χ4v) is 3.58. The number of aromatic nitrogens is 1. The monoisotopic (exact) mass is 394 g/mol. The lowest BCUT2D eigenvalue weighted by Gasteiger charge is -2.10. The molecule has 0 amide bonds. The number of benzene rings is 3. The first-order valence-electron chi connectivity index (χ1n) is 10.1. The molecule has 1 aromatic heterocycles. The second-order valence-corrected chi connectivity index (χ2v) is 7.17. The maximum atomic E-state index is 5.65.